The number of carbonyl (C=O) groups excluding carboxylic acids is 1. The van der Waals surface area contributed by atoms with Gasteiger partial charge in [-0.25, -0.2) is 4.98 Å². The highest BCUT2D eigenvalue weighted by Crippen LogP contribution is 2.22. The molecule has 4 aromatic rings. The van der Waals surface area contributed by atoms with Gasteiger partial charge in [0.05, 0.1) is 23.2 Å². The van der Waals surface area contributed by atoms with Crippen LogP contribution < -0.4 is 10.1 Å². The van der Waals surface area contributed by atoms with Gasteiger partial charge in [0.1, 0.15) is 23.4 Å². The molecule has 0 unspecified atom stereocenters. The van der Waals surface area contributed by atoms with E-state index in [1.807, 2.05) is 43.3 Å². The summed E-state index contributed by atoms with van der Waals surface area (Å²) in [6, 6.07) is 13.3. The molecule has 8 nitrogen and oxygen atoms in total. The molecule has 0 radical (unpaired) electrons. The van der Waals surface area contributed by atoms with Crippen LogP contribution in [-0.2, 0) is 11.4 Å². The molecule has 2 N–H and O–H groups in total. The second-order valence-electron chi connectivity index (χ2n) is 5.94. The number of nitrogens with zero attached hydrogens (tertiary/aromatic N) is 4. The topological polar surface area (TPSA) is 106 Å². The number of aryl methyl sites for hydroxylation is 1. The molecular formula is C18H16N6O2S2. The van der Waals surface area contributed by atoms with Gasteiger partial charge in [-0.15, -0.1) is 5.10 Å². The Morgan fingerprint density at radius 3 is 2.93 bits per heavy atom. The number of rotatable bonds is 7. The lowest BCUT2D eigenvalue weighted by Crippen LogP contribution is -2.14. The fraction of sp³-hybridized carbons (Fsp3) is 0.167. The third-order valence-corrected chi connectivity index (χ3v) is 5.19. The van der Waals surface area contributed by atoms with Crippen molar-refractivity contribution in [1.82, 2.24) is 23.9 Å². The van der Waals surface area contributed by atoms with Gasteiger partial charge in [0, 0.05) is 0 Å². The van der Waals surface area contributed by atoms with Gasteiger partial charge in [0.25, 0.3) is 0 Å². The third kappa shape index (κ3) is 4.46. The normalized spacial score (nSPS) is 10.9. The zero-order valence-electron chi connectivity index (χ0n) is 14.9. The SMILES string of the molecule is Cc1ccc(OCc2nc(SCC(=O)Nc3cccc4nsnc34)n[nH]2)cc1. The van der Waals surface area contributed by atoms with Crippen molar-refractivity contribution in [2.45, 2.75) is 18.7 Å². The largest absolute Gasteiger partial charge is 0.486 e. The van der Waals surface area contributed by atoms with Crippen LogP contribution >= 0.6 is 23.5 Å². The highest BCUT2D eigenvalue weighted by atomic mass is 32.2. The minimum absolute atomic E-state index is 0.159. The Morgan fingerprint density at radius 2 is 2.07 bits per heavy atom. The molecule has 2 aromatic heterocycles. The lowest BCUT2D eigenvalue weighted by Gasteiger charge is -2.04. The zero-order valence-corrected chi connectivity index (χ0v) is 16.5. The molecule has 2 heterocycles. The third-order valence-electron chi connectivity index (χ3n) is 3.80. The minimum atomic E-state index is -0.159. The summed E-state index contributed by atoms with van der Waals surface area (Å²) in [6.07, 6.45) is 0. The molecule has 0 saturated heterocycles. The Balaban J connectivity index is 1.28. The second-order valence-corrected chi connectivity index (χ2v) is 7.41. The van der Waals surface area contributed by atoms with Gasteiger partial charge in [0.15, 0.2) is 5.82 Å². The van der Waals surface area contributed by atoms with Gasteiger partial charge in [-0.05, 0) is 31.2 Å². The van der Waals surface area contributed by atoms with Crippen LogP contribution in [-0.4, -0.2) is 35.6 Å². The number of thioether (sulfide) groups is 1. The number of hydrogen-bond acceptors (Lipinski definition) is 8. The van der Waals surface area contributed by atoms with Crippen LogP contribution in [0, 0.1) is 6.92 Å². The number of fused-ring (bicyclic) bond motifs is 1. The second kappa shape index (κ2) is 8.36. The number of ether oxygens (including phenoxy) is 1. The van der Waals surface area contributed by atoms with E-state index in [1.165, 1.54) is 17.3 Å². The van der Waals surface area contributed by atoms with Crippen molar-refractivity contribution in [2.75, 3.05) is 11.1 Å². The molecule has 0 bridgehead atoms. The van der Waals surface area contributed by atoms with Crippen LogP contribution in [0.3, 0.4) is 0 Å². The molecule has 0 atom stereocenters. The molecule has 0 fully saturated rings. The van der Waals surface area contributed by atoms with E-state index in [1.54, 1.807) is 6.07 Å². The van der Waals surface area contributed by atoms with Crippen molar-refractivity contribution < 1.29 is 9.53 Å². The highest BCUT2D eigenvalue weighted by Gasteiger charge is 2.11. The first-order chi connectivity index (χ1) is 13.7. The number of anilines is 1. The summed E-state index contributed by atoms with van der Waals surface area (Å²) >= 11 is 2.36. The number of nitrogens with one attached hydrogen (secondary N) is 2. The van der Waals surface area contributed by atoms with Crippen LogP contribution in [0.25, 0.3) is 11.0 Å². The lowest BCUT2D eigenvalue weighted by molar-refractivity contribution is -0.113. The number of aromatic amines is 1. The van der Waals surface area contributed by atoms with Gasteiger partial charge in [-0.2, -0.15) is 8.75 Å². The summed E-state index contributed by atoms with van der Waals surface area (Å²) in [6.45, 7) is 2.30. The molecule has 0 aliphatic rings. The van der Waals surface area contributed by atoms with E-state index in [4.69, 9.17) is 4.74 Å². The number of benzene rings is 2. The number of amides is 1. The Kier molecular flexibility index (Phi) is 5.49. The molecule has 10 heteroatoms. The van der Waals surface area contributed by atoms with Crippen LogP contribution in [0.5, 0.6) is 5.75 Å². The Morgan fingerprint density at radius 1 is 1.21 bits per heavy atom. The number of aromatic nitrogens is 5. The number of H-pyrrole nitrogens is 1. The molecule has 0 aliphatic carbocycles. The smallest absolute Gasteiger partial charge is 0.234 e. The van der Waals surface area contributed by atoms with Crippen LogP contribution in [0.4, 0.5) is 5.69 Å². The van der Waals surface area contributed by atoms with E-state index < -0.39 is 0 Å². The van der Waals surface area contributed by atoms with Gasteiger partial charge >= 0.3 is 0 Å². The van der Waals surface area contributed by atoms with Crippen LogP contribution in [0.2, 0.25) is 0 Å². The molecular weight excluding hydrogens is 396 g/mol. The van der Waals surface area contributed by atoms with Crippen molar-refractivity contribution in [2.24, 2.45) is 0 Å². The maximum Gasteiger partial charge on any atom is 0.234 e. The Labute approximate surface area is 169 Å². The molecule has 142 valence electrons. The van der Waals surface area contributed by atoms with Crippen molar-refractivity contribution in [3.63, 3.8) is 0 Å². The molecule has 0 saturated carbocycles. The van der Waals surface area contributed by atoms with E-state index in [9.17, 15) is 4.79 Å². The van der Waals surface area contributed by atoms with Crippen molar-refractivity contribution in [3.05, 3.63) is 53.9 Å². The van der Waals surface area contributed by atoms with Crippen LogP contribution in [0.1, 0.15) is 11.4 Å². The van der Waals surface area contributed by atoms with Gasteiger partial charge in [-0.1, -0.05) is 35.5 Å². The zero-order chi connectivity index (χ0) is 19.3. The molecule has 2 aromatic carbocycles. The highest BCUT2D eigenvalue weighted by molar-refractivity contribution is 7.99. The average Bonchev–Trinajstić information content (AvgIpc) is 3.36. The maximum atomic E-state index is 12.2. The van der Waals surface area contributed by atoms with Crippen molar-refractivity contribution in [1.29, 1.82) is 0 Å². The summed E-state index contributed by atoms with van der Waals surface area (Å²) in [5.74, 6) is 1.39. The summed E-state index contributed by atoms with van der Waals surface area (Å²) in [4.78, 5) is 16.6. The standard InChI is InChI=1S/C18H16N6O2S2/c1-11-5-7-12(8-6-11)26-9-15-20-18(22-21-15)27-10-16(25)19-13-3-2-4-14-17(13)24-28-23-14/h2-8H,9-10H2,1H3,(H,19,25)(H,20,21,22). The van der Waals surface area contributed by atoms with Gasteiger partial charge in [-0.3, -0.25) is 9.89 Å². The van der Waals surface area contributed by atoms with Gasteiger partial charge < -0.3 is 10.1 Å². The number of carbonyl (C=O) groups is 1. The van der Waals surface area contributed by atoms with Crippen LogP contribution in [0.15, 0.2) is 47.6 Å². The summed E-state index contributed by atoms with van der Waals surface area (Å²) in [5.41, 5.74) is 3.28. The quantitative estimate of drug-likeness (QED) is 0.448. The molecule has 0 spiro atoms. The van der Waals surface area contributed by atoms with Crippen molar-refractivity contribution >= 4 is 46.1 Å². The first-order valence-electron chi connectivity index (χ1n) is 8.42. The van der Waals surface area contributed by atoms with E-state index in [0.717, 1.165) is 23.0 Å². The Hall–Kier alpha value is -2.98. The minimum Gasteiger partial charge on any atom is -0.486 e. The monoisotopic (exact) mass is 412 g/mol. The van der Waals surface area contributed by atoms with E-state index in [0.29, 0.717) is 22.2 Å². The molecule has 0 aliphatic heterocycles. The van der Waals surface area contributed by atoms with Gasteiger partial charge in [0.2, 0.25) is 11.1 Å². The average molecular weight is 413 g/mol. The van der Waals surface area contributed by atoms with Crippen molar-refractivity contribution in [3.8, 4) is 5.75 Å². The Bertz CT molecular complexity index is 1090. The summed E-state index contributed by atoms with van der Waals surface area (Å²) in [5, 5.41) is 10.3. The fourth-order valence-electron chi connectivity index (χ4n) is 2.42. The first kappa shape index (κ1) is 18.4. The first-order valence-corrected chi connectivity index (χ1v) is 10.1. The molecule has 1 amide bonds. The lowest BCUT2D eigenvalue weighted by atomic mass is 10.2. The summed E-state index contributed by atoms with van der Waals surface area (Å²) in [7, 11) is 0. The van der Waals surface area contributed by atoms with E-state index in [-0.39, 0.29) is 18.3 Å². The van der Waals surface area contributed by atoms with E-state index in [2.05, 4.69) is 29.2 Å². The molecule has 4 rings (SSSR count). The predicted octanol–water partition coefficient (Wildman–Crippen LogP) is 3.43. The maximum absolute atomic E-state index is 12.2. The fourth-order valence-corrected chi connectivity index (χ4v) is 3.58. The predicted molar refractivity (Wildman–Crippen MR) is 109 cm³/mol. The van der Waals surface area contributed by atoms with E-state index >= 15 is 0 Å². The number of hydrogen-bond donors (Lipinski definition) is 2. The summed E-state index contributed by atoms with van der Waals surface area (Å²) < 4.78 is 14.0. The molecule has 28 heavy (non-hydrogen) atoms.